The number of aliphatic carboxylic acids is 1. The number of halogens is 1. The van der Waals surface area contributed by atoms with Gasteiger partial charge >= 0.3 is 5.97 Å². The van der Waals surface area contributed by atoms with E-state index in [1.165, 1.54) is 0 Å². The minimum absolute atomic E-state index is 0.00301. The zero-order valence-corrected chi connectivity index (χ0v) is 12.6. The molecule has 0 amide bonds. The maximum Gasteiger partial charge on any atom is 0.305 e. The SMILES string of the molecule is CC1CNCC(CC(=O)O)N(c2cccc(Br)c2)C1. The van der Waals surface area contributed by atoms with Crippen LogP contribution in [0.15, 0.2) is 28.7 Å². The van der Waals surface area contributed by atoms with E-state index in [4.69, 9.17) is 5.11 Å². The van der Waals surface area contributed by atoms with Crippen LogP contribution in [0, 0.1) is 5.92 Å². The second kappa shape index (κ2) is 6.39. The molecular formula is C14H19BrN2O2. The van der Waals surface area contributed by atoms with E-state index in [1.807, 2.05) is 24.3 Å². The number of hydrogen-bond acceptors (Lipinski definition) is 3. The molecule has 0 saturated carbocycles. The molecule has 4 nitrogen and oxygen atoms in total. The van der Waals surface area contributed by atoms with Gasteiger partial charge in [-0.15, -0.1) is 0 Å². The van der Waals surface area contributed by atoms with Crippen molar-refractivity contribution in [1.29, 1.82) is 0 Å². The van der Waals surface area contributed by atoms with Gasteiger partial charge in [-0.1, -0.05) is 28.9 Å². The molecule has 2 unspecified atom stereocenters. The van der Waals surface area contributed by atoms with Gasteiger partial charge in [-0.2, -0.15) is 0 Å². The Morgan fingerprint density at radius 1 is 1.53 bits per heavy atom. The van der Waals surface area contributed by atoms with Crippen molar-refractivity contribution in [1.82, 2.24) is 5.32 Å². The lowest BCUT2D eigenvalue weighted by Gasteiger charge is -2.32. The second-order valence-corrected chi connectivity index (χ2v) is 6.06. The molecule has 2 atom stereocenters. The van der Waals surface area contributed by atoms with E-state index >= 15 is 0 Å². The number of carbonyl (C=O) groups is 1. The quantitative estimate of drug-likeness (QED) is 0.895. The van der Waals surface area contributed by atoms with Crippen molar-refractivity contribution in [2.24, 2.45) is 5.92 Å². The highest BCUT2D eigenvalue weighted by atomic mass is 79.9. The molecule has 19 heavy (non-hydrogen) atoms. The van der Waals surface area contributed by atoms with Gasteiger partial charge in [0.05, 0.1) is 12.5 Å². The summed E-state index contributed by atoms with van der Waals surface area (Å²) in [6, 6.07) is 8.05. The van der Waals surface area contributed by atoms with E-state index in [0.29, 0.717) is 12.5 Å². The summed E-state index contributed by atoms with van der Waals surface area (Å²) >= 11 is 3.48. The lowest BCUT2D eigenvalue weighted by Crippen LogP contribution is -2.41. The molecule has 1 heterocycles. The van der Waals surface area contributed by atoms with Crippen LogP contribution in [-0.2, 0) is 4.79 Å². The number of nitrogens with one attached hydrogen (secondary N) is 1. The Bertz CT molecular complexity index is 453. The highest BCUT2D eigenvalue weighted by Crippen LogP contribution is 2.25. The van der Waals surface area contributed by atoms with Crippen LogP contribution in [-0.4, -0.2) is 36.8 Å². The molecular weight excluding hydrogens is 308 g/mol. The van der Waals surface area contributed by atoms with Crippen LogP contribution in [0.2, 0.25) is 0 Å². The molecule has 0 radical (unpaired) electrons. The van der Waals surface area contributed by atoms with Gasteiger partial charge in [0, 0.05) is 23.2 Å². The fraction of sp³-hybridized carbons (Fsp3) is 0.500. The van der Waals surface area contributed by atoms with Crippen LogP contribution >= 0.6 is 15.9 Å². The van der Waals surface area contributed by atoms with Gasteiger partial charge < -0.3 is 15.3 Å². The first-order valence-electron chi connectivity index (χ1n) is 6.51. The molecule has 1 aromatic rings. The number of carboxylic acids is 1. The van der Waals surface area contributed by atoms with Crippen molar-refractivity contribution in [3.8, 4) is 0 Å². The highest BCUT2D eigenvalue weighted by molar-refractivity contribution is 9.10. The Morgan fingerprint density at radius 2 is 2.32 bits per heavy atom. The lowest BCUT2D eigenvalue weighted by atomic mass is 10.1. The number of rotatable bonds is 3. The van der Waals surface area contributed by atoms with Crippen molar-refractivity contribution in [2.45, 2.75) is 19.4 Å². The fourth-order valence-corrected chi connectivity index (χ4v) is 2.90. The van der Waals surface area contributed by atoms with Crippen molar-refractivity contribution < 1.29 is 9.90 Å². The molecule has 1 aliphatic rings. The average Bonchev–Trinajstić information content (AvgIpc) is 2.51. The predicted molar refractivity (Wildman–Crippen MR) is 79.6 cm³/mol. The zero-order chi connectivity index (χ0) is 13.8. The summed E-state index contributed by atoms with van der Waals surface area (Å²) in [5.41, 5.74) is 1.08. The van der Waals surface area contributed by atoms with Gasteiger partial charge in [0.1, 0.15) is 0 Å². The van der Waals surface area contributed by atoms with Crippen LogP contribution in [0.3, 0.4) is 0 Å². The molecule has 1 aliphatic heterocycles. The predicted octanol–water partition coefficient (Wildman–Crippen LogP) is 2.34. The Hall–Kier alpha value is -1.07. The van der Waals surface area contributed by atoms with Crippen molar-refractivity contribution in [3.63, 3.8) is 0 Å². The molecule has 1 aromatic carbocycles. The third kappa shape index (κ3) is 3.94. The minimum atomic E-state index is -0.749. The Kier molecular flexibility index (Phi) is 4.82. The molecule has 0 aliphatic carbocycles. The molecule has 0 bridgehead atoms. The van der Waals surface area contributed by atoms with Crippen LogP contribution in [0.4, 0.5) is 5.69 Å². The number of carboxylic acid groups (broad SMARTS) is 1. The van der Waals surface area contributed by atoms with E-state index in [2.05, 4.69) is 33.1 Å². The van der Waals surface area contributed by atoms with Crippen molar-refractivity contribution in [3.05, 3.63) is 28.7 Å². The molecule has 2 rings (SSSR count). The first-order chi connectivity index (χ1) is 9.06. The smallest absolute Gasteiger partial charge is 0.305 e. The summed E-state index contributed by atoms with van der Waals surface area (Å²) in [5.74, 6) is -0.251. The summed E-state index contributed by atoms with van der Waals surface area (Å²) in [7, 11) is 0. The van der Waals surface area contributed by atoms with Gasteiger partial charge in [0.2, 0.25) is 0 Å². The Balaban J connectivity index is 2.26. The largest absolute Gasteiger partial charge is 0.481 e. The monoisotopic (exact) mass is 326 g/mol. The summed E-state index contributed by atoms with van der Waals surface area (Å²) in [6.45, 7) is 4.70. The number of benzene rings is 1. The van der Waals surface area contributed by atoms with Gasteiger partial charge in [0.15, 0.2) is 0 Å². The third-order valence-corrected chi connectivity index (χ3v) is 3.87. The Morgan fingerprint density at radius 3 is 3.00 bits per heavy atom. The van der Waals surface area contributed by atoms with Gasteiger partial charge in [-0.3, -0.25) is 4.79 Å². The zero-order valence-electron chi connectivity index (χ0n) is 11.0. The molecule has 2 N–H and O–H groups in total. The van der Waals surface area contributed by atoms with Gasteiger partial charge in [0.25, 0.3) is 0 Å². The summed E-state index contributed by atoms with van der Waals surface area (Å²) in [4.78, 5) is 13.3. The van der Waals surface area contributed by atoms with Crippen LogP contribution < -0.4 is 10.2 Å². The molecule has 0 aromatic heterocycles. The van der Waals surface area contributed by atoms with Crippen LogP contribution in [0.25, 0.3) is 0 Å². The van der Waals surface area contributed by atoms with Crippen LogP contribution in [0.1, 0.15) is 13.3 Å². The minimum Gasteiger partial charge on any atom is -0.481 e. The molecule has 0 spiro atoms. The normalized spacial score (nSPS) is 24.0. The first-order valence-corrected chi connectivity index (χ1v) is 7.30. The summed E-state index contributed by atoms with van der Waals surface area (Å²) in [5, 5.41) is 12.4. The maximum absolute atomic E-state index is 11.0. The summed E-state index contributed by atoms with van der Waals surface area (Å²) < 4.78 is 1.02. The van der Waals surface area contributed by atoms with Gasteiger partial charge in [-0.25, -0.2) is 0 Å². The standard InChI is InChI=1S/C14H19BrN2O2/c1-10-7-16-8-13(6-14(18)19)17(9-10)12-4-2-3-11(15)5-12/h2-5,10,13,16H,6-9H2,1H3,(H,18,19). The first kappa shape index (κ1) is 14.3. The lowest BCUT2D eigenvalue weighted by molar-refractivity contribution is -0.137. The number of anilines is 1. The molecule has 104 valence electrons. The summed E-state index contributed by atoms with van der Waals surface area (Å²) in [6.07, 6.45) is 0.159. The topological polar surface area (TPSA) is 52.6 Å². The Labute approximate surface area is 121 Å². The molecule has 5 heteroatoms. The number of hydrogen-bond donors (Lipinski definition) is 2. The van der Waals surface area contributed by atoms with E-state index < -0.39 is 5.97 Å². The molecule has 1 saturated heterocycles. The van der Waals surface area contributed by atoms with E-state index in [0.717, 1.165) is 23.2 Å². The van der Waals surface area contributed by atoms with E-state index in [-0.39, 0.29) is 12.5 Å². The third-order valence-electron chi connectivity index (χ3n) is 3.37. The van der Waals surface area contributed by atoms with Crippen molar-refractivity contribution >= 4 is 27.6 Å². The van der Waals surface area contributed by atoms with Crippen LogP contribution in [0.5, 0.6) is 0 Å². The molecule has 1 fully saturated rings. The van der Waals surface area contributed by atoms with E-state index in [9.17, 15) is 4.79 Å². The van der Waals surface area contributed by atoms with Gasteiger partial charge in [-0.05, 0) is 30.7 Å². The number of nitrogens with zero attached hydrogens (tertiary/aromatic N) is 1. The van der Waals surface area contributed by atoms with E-state index in [1.54, 1.807) is 0 Å². The highest BCUT2D eigenvalue weighted by Gasteiger charge is 2.26. The second-order valence-electron chi connectivity index (χ2n) is 5.15. The maximum atomic E-state index is 11.0. The average molecular weight is 327 g/mol. The fourth-order valence-electron chi connectivity index (χ4n) is 2.51. The van der Waals surface area contributed by atoms with Crippen molar-refractivity contribution in [2.75, 3.05) is 24.5 Å².